The Morgan fingerprint density at radius 3 is 2.09 bits per heavy atom. The Labute approximate surface area is 124 Å². The second kappa shape index (κ2) is 3.80. The van der Waals surface area contributed by atoms with Crippen LogP contribution in [0.15, 0.2) is 70.3 Å². The molecule has 0 bridgehead atoms. The number of hydrogen-bond acceptors (Lipinski definition) is 2. The molecule has 0 aliphatic heterocycles. The van der Waals surface area contributed by atoms with E-state index < -0.39 is 10.9 Å². The Bertz CT molecular complexity index is 1300. The van der Waals surface area contributed by atoms with E-state index in [0.29, 0.717) is 5.39 Å². The van der Waals surface area contributed by atoms with Crippen molar-refractivity contribution in [3.63, 3.8) is 0 Å². The summed E-state index contributed by atoms with van der Waals surface area (Å²) in [5.41, 5.74) is -0.835. The van der Waals surface area contributed by atoms with Gasteiger partial charge in [0.1, 0.15) is 0 Å². The second-order valence-electron chi connectivity index (χ2n) is 5.69. The molecule has 5 aromatic carbocycles. The smallest absolute Gasteiger partial charge is 0.234 e. The third-order valence-corrected chi connectivity index (χ3v) is 4.55. The van der Waals surface area contributed by atoms with E-state index in [-0.39, 0.29) is 0 Å². The van der Waals surface area contributed by atoms with E-state index >= 15 is 0 Å². The Kier molecular flexibility index (Phi) is 2.01. The molecule has 0 N–H and O–H groups in total. The lowest BCUT2D eigenvalue weighted by molar-refractivity contribution is 1.57. The molecule has 0 unspecified atom stereocenters. The maximum absolute atomic E-state index is 12.5. The van der Waals surface area contributed by atoms with Gasteiger partial charge in [0.25, 0.3) is 0 Å². The van der Waals surface area contributed by atoms with E-state index in [1.54, 1.807) is 0 Å². The molecular formula is C20H10O2. The lowest BCUT2D eigenvalue weighted by Gasteiger charge is -2.13. The molecule has 5 aromatic rings. The van der Waals surface area contributed by atoms with Gasteiger partial charge in [-0.2, -0.15) is 0 Å². The molecule has 2 nitrogen and oxygen atoms in total. The zero-order chi connectivity index (χ0) is 14.8. The number of fused-ring (bicyclic) bond motifs is 3. The molecule has 0 saturated carbocycles. The van der Waals surface area contributed by atoms with Gasteiger partial charge in [-0.05, 0) is 38.4 Å². The normalized spacial score (nSPS) is 12.0. The predicted molar refractivity (Wildman–Crippen MR) is 91.4 cm³/mol. The Balaban J connectivity index is 2.39. The van der Waals surface area contributed by atoms with Crippen LogP contribution in [0.25, 0.3) is 43.1 Å². The largest absolute Gasteiger partial charge is 0.286 e. The van der Waals surface area contributed by atoms with Crippen molar-refractivity contribution in [2.24, 2.45) is 0 Å². The maximum Gasteiger partial charge on any atom is 0.234 e. The highest BCUT2D eigenvalue weighted by Crippen LogP contribution is 2.38. The number of hydrogen-bond donors (Lipinski definition) is 0. The summed E-state index contributed by atoms with van der Waals surface area (Å²) in [5, 5.41) is 7.50. The summed E-state index contributed by atoms with van der Waals surface area (Å²) >= 11 is 0. The van der Waals surface area contributed by atoms with Crippen LogP contribution < -0.4 is 10.9 Å². The summed E-state index contributed by atoms with van der Waals surface area (Å²) in [6, 6.07) is 19.4. The molecule has 0 fully saturated rings. The summed E-state index contributed by atoms with van der Waals surface area (Å²) in [6.45, 7) is 0. The summed E-state index contributed by atoms with van der Waals surface area (Å²) in [5.74, 6) is 0. The van der Waals surface area contributed by atoms with Gasteiger partial charge in [0.2, 0.25) is 10.9 Å². The molecule has 0 aliphatic carbocycles. The Morgan fingerprint density at radius 1 is 0.545 bits per heavy atom. The minimum atomic E-state index is -0.434. The van der Waals surface area contributed by atoms with Gasteiger partial charge in [0.15, 0.2) is 0 Å². The molecule has 2 heteroatoms. The number of benzene rings is 5. The summed E-state index contributed by atoms with van der Waals surface area (Å²) < 4.78 is 0. The van der Waals surface area contributed by atoms with E-state index in [4.69, 9.17) is 0 Å². The van der Waals surface area contributed by atoms with Crippen LogP contribution in [0.1, 0.15) is 0 Å². The lowest BCUT2D eigenvalue weighted by Crippen LogP contribution is -2.22. The topological polar surface area (TPSA) is 34.1 Å². The first-order valence-corrected chi connectivity index (χ1v) is 7.22. The molecule has 102 valence electrons. The highest BCUT2D eigenvalue weighted by Gasteiger charge is 2.16. The predicted octanol–water partition coefficient (Wildman–Crippen LogP) is 3.90. The lowest BCUT2D eigenvalue weighted by atomic mass is 9.89. The fourth-order valence-electron chi connectivity index (χ4n) is 3.65. The molecule has 0 radical (unpaired) electrons. The quantitative estimate of drug-likeness (QED) is 0.245. The van der Waals surface area contributed by atoms with Crippen molar-refractivity contribution in [2.75, 3.05) is 0 Å². The first kappa shape index (κ1) is 11.6. The molecule has 5 rings (SSSR count). The van der Waals surface area contributed by atoms with Gasteiger partial charge >= 0.3 is 0 Å². The van der Waals surface area contributed by atoms with Crippen LogP contribution in [-0.4, -0.2) is 0 Å². The number of rotatable bonds is 0. The zero-order valence-corrected chi connectivity index (χ0v) is 11.6. The molecule has 0 amide bonds. The summed E-state index contributed by atoms with van der Waals surface area (Å²) in [4.78, 5) is 24.6. The average Bonchev–Trinajstić information content (AvgIpc) is 2.56. The fourth-order valence-corrected chi connectivity index (χ4v) is 3.65. The van der Waals surface area contributed by atoms with Gasteiger partial charge in [-0.1, -0.05) is 54.6 Å². The minimum Gasteiger partial charge on any atom is -0.286 e. The molecule has 0 saturated heterocycles. The summed E-state index contributed by atoms with van der Waals surface area (Å²) in [7, 11) is 0. The van der Waals surface area contributed by atoms with Crippen LogP contribution in [0, 0.1) is 0 Å². The average molecular weight is 282 g/mol. The molecule has 0 spiro atoms. The van der Waals surface area contributed by atoms with Crippen LogP contribution >= 0.6 is 0 Å². The fraction of sp³-hybridized carbons (Fsp3) is 0. The summed E-state index contributed by atoms with van der Waals surface area (Å²) in [6.07, 6.45) is 0. The molecule has 0 heterocycles. The van der Waals surface area contributed by atoms with Gasteiger partial charge in [-0.3, -0.25) is 9.59 Å². The molecule has 0 aromatic heterocycles. The van der Waals surface area contributed by atoms with Crippen molar-refractivity contribution in [2.45, 2.75) is 0 Å². The van der Waals surface area contributed by atoms with Gasteiger partial charge in [-0.25, -0.2) is 0 Å². The standard InChI is InChI=1S/C20H10O2/c21-16-10-12-9-8-11-4-3-7-14-13-5-1-2-6-15(13)19(20(16)22)18(12)17(11)14/h1-10H. The van der Waals surface area contributed by atoms with Crippen molar-refractivity contribution in [1.29, 1.82) is 0 Å². The van der Waals surface area contributed by atoms with Crippen molar-refractivity contribution >= 4 is 43.1 Å². The van der Waals surface area contributed by atoms with Crippen LogP contribution in [-0.2, 0) is 0 Å². The van der Waals surface area contributed by atoms with Gasteiger partial charge in [0.05, 0.1) is 0 Å². The third-order valence-electron chi connectivity index (χ3n) is 4.55. The highest BCUT2D eigenvalue weighted by molar-refractivity contribution is 6.33. The van der Waals surface area contributed by atoms with E-state index in [1.165, 1.54) is 6.07 Å². The van der Waals surface area contributed by atoms with Crippen molar-refractivity contribution in [3.8, 4) is 0 Å². The first-order valence-electron chi connectivity index (χ1n) is 7.22. The van der Waals surface area contributed by atoms with E-state index in [2.05, 4.69) is 6.07 Å². The molecule has 22 heavy (non-hydrogen) atoms. The van der Waals surface area contributed by atoms with Gasteiger partial charge in [0, 0.05) is 10.8 Å². The van der Waals surface area contributed by atoms with Crippen molar-refractivity contribution < 1.29 is 0 Å². The van der Waals surface area contributed by atoms with Crippen LogP contribution in [0.4, 0.5) is 0 Å². The first-order chi connectivity index (χ1) is 10.8. The zero-order valence-electron chi connectivity index (χ0n) is 11.6. The van der Waals surface area contributed by atoms with E-state index in [9.17, 15) is 9.59 Å². The molecule has 0 atom stereocenters. The van der Waals surface area contributed by atoms with Crippen LogP contribution in [0.5, 0.6) is 0 Å². The van der Waals surface area contributed by atoms with Gasteiger partial charge in [-0.15, -0.1) is 0 Å². The maximum atomic E-state index is 12.5. The van der Waals surface area contributed by atoms with Crippen LogP contribution in [0.2, 0.25) is 0 Å². The Hall–Kier alpha value is -3.00. The van der Waals surface area contributed by atoms with Gasteiger partial charge < -0.3 is 0 Å². The third kappa shape index (κ3) is 1.25. The molecule has 0 aliphatic rings. The van der Waals surface area contributed by atoms with E-state index in [1.807, 2.05) is 48.5 Å². The second-order valence-corrected chi connectivity index (χ2v) is 5.69. The molecular weight excluding hydrogens is 272 g/mol. The van der Waals surface area contributed by atoms with Crippen LogP contribution in [0.3, 0.4) is 0 Å². The minimum absolute atomic E-state index is 0.401. The SMILES string of the molecule is O=c1cc2ccc3cccc4c5ccccc5c(c1=O)c2c34. The highest BCUT2D eigenvalue weighted by atomic mass is 16.2. The monoisotopic (exact) mass is 282 g/mol. The Morgan fingerprint density at radius 2 is 1.23 bits per heavy atom. The van der Waals surface area contributed by atoms with E-state index in [0.717, 1.165) is 37.7 Å². The van der Waals surface area contributed by atoms with Crippen molar-refractivity contribution in [1.82, 2.24) is 0 Å². The van der Waals surface area contributed by atoms with Crippen molar-refractivity contribution in [3.05, 3.63) is 81.1 Å².